The SMILES string of the molecule is COC1CCCC(C(N)CO)C1.Cl. The van der Waals surface area contributed by atoms with E-state index in [4.69, 9.17) is 15.6 Å². The van der Waals surface area contributed by atoms with Crippen molar-refractivity contribution in [2.24, 2.45) is 11.7 Å². The first kappa shape index (κ1) is 13.2. The molecule has 4 heteroatoms. The topological polar surface area (TPSA) is 55.5 Å². The van der Waals surface area contributed by atoms with E-state index in [0.717, 1.165) is 19.3 Å². The van der Waals surface area contributed by atoms with Gasteiger partial charge in [-0.05, 0) is 25.2 Å². The number of halogens is 1. The first-order valence-electron chi connectivity index (χ1n) is 4.67. The molecule has 0 aromatic carbocycles. The Morgan fingerprint density at radius 3 is 2.77 bits per heavy atom. The van der Waals surface area contributed by atoms with E-state index in [1.165, 1.54) is 6.42 Å². The molecule has 3 nitrogen and oxygen atoms in total. The second kappa shape index (κ2) is 6.60. The van der Waals surface area contributed by atoms with Crippen LogP contribution < -0.4 is 5.73 Å². The summed E-state index contributed by atoms with van der Waals surface area (Å²) in [4.78, 5) is 0. The monoisotopic (exact) mass is 209 g/mol. The van der Waals surface area contributed by atoms with Crippen molar-refractivity contribution >= 4 is 12.4 Å². The Labute approximate surface area is 86.1 Å². The van der Waals surface area contributed by atoms with Gasteiger partial charge in [0.15, 0.2) is 0 Å². The van der Waals surface area contributed by atoms with Crippen molar-refractivity contribution in [2.45, 2.75) is 37.8 Å². The van der Waals surface area contributed by atoms with Crippen LogP contribution in [0, 0.1) is 5.92 Å². The Morgan fingerprint density at radius 2 is 2.23 bits per heavy atom. The summed E-state index contributed by atoms with van der Waals surface area (Å²) in [7, 11) is 1.75. The van der Waals surface area contributed by atoms with Gasteiger partial charge in [0.1, 0.15) is 0 Å². The van der Waals surface area contributed by atoms with Gasteiger partial charge >= 0.3 is 0 Å². The number of hydrogen-bond acceptors (Lipinski definition) is 3. The molecule has 1 rings (SSSR count). The Kier molecular flexibility index (Phi) is 6.68. The number of aliphatic hydroxyl groups excluding tert-OH is 1. The summed E-state index contributed by atoms with van der Waals surface area (Å²) in [6, 6.07) is -0.0528. The molecule has 0 heterocycles. The summed E-state index contributed by atoms with van der Waals surface area (Å²) in [6.07, 6.45) is 4.84. The van der Waals surface area contributed by atoms with Crippen molar-refractivity contribution in [3.05, 3.63) is 0 Å². The maximum atomic E-state index is 8.88. The average Bonchev–Trinajstić information content (AvgIpc) is 2.17. The van der Waals surface area contributed by atoms with Crippen molar-refractivity contribution in [3.8, 4) is 0 Å². The van der Waals surface area contributed by atoms with Crippen molar-refractivity contribution in [2.75, 3.05) is 13.7 Å². The second-order valence-electron chi connectivity index (χ2n) is 3.63. The fourth-order valence-corrected chi connectivity index (χ4v) is 1.93. The lowest BCUT2D eigenvalue weighted by atomic mass is 9.83. The van der Waals surface area contributed by atoms with E-state index in [9.17, 15) is 0 Å². The first-order chi connectivity index (χ1) is 5.77. The molecule has 0 radical (unpaired) electrons. The van der Waals surface area contributed by atoms with Crippen LogP contribution in [-0.2, 0) is 4.74 Å². The lowest BCUT2D eigenvalue weighted by Crippen LogP contribution is -2.38. The molecule has 0 bridgehead atoms. The first-order valence-corrected chi connectivity index (χ1v) is 4.67. The highest BCUT2D eigenvalue weighted by atomic mass is 35.5. The summed E-state index contributed by atoms with van der Waals surface area (Å²) in [5.41, 5.74) is 5.76. The van der Waals surface area contributed by atoms with Gasteiger partial charge in [0, 0.05) is 13.2 Å². The number of rotatable bonds is 3. The number of nitrogens with two attached hydrogens (primary N) is 1. The van der Waals surface area contributed by atoms with E-state index in [0.29, 0.717) is 12.0 Å². The van der Waals surface area contributed by atoms with Crippen molar-refractivity contribution in [3.63, 3.8) is 0 Å². The van der Waals surface area contributed by atoms with E-state index < -0.39 is 0 Å². The lowest BCUT2D eigenvalue weighted by Gasteiger charge is -2.31. The predicted octanol–water partition coefficient (Wildman–Crippen LogP) is 0.933. The normalized spacial score (nSPS) is 30.7. The highest BCUT2D eigenvalue weighted by Gasteiger charge is 2.25. The summed E-state index contributed by atoms with van der Waals surface area (Å²) >= 11 is 0. The molecule has 1 aliphatic rings. The molecule has 0 amide bonds. The summed E-state index contributed by atoms with van der Waals surface area (Å²) in [6.45, 7) is 0.0983. The van der Waals surface area contributed by atoms with Crippen LogP contribution in [0.5, 0.6) is 0 Å². The third-order valence-corrected chi connectivity index (χ3v) is 2.82. The maximum Gasteiger partial charge on any atom is 0.0585 e. The largest absolute Gasteiger partial charge is 0.395 e. The fourth-order valence-electron chi connectivity index (χ4n) is 1.93. The zero-order valence-electron chi connectivity index (χ0n) is 8.11. The molecule has 3 N–H and O–H groups in total. The summed E-state index contributed by atoms with van der Waals surface area (Å²) in [5, 5.41) is 8.88. The van der Waals surface area contributed by atoms with E-state index in [1.807, 2.05) is 0 Å². The number of ether oxygens (including phenoxy) is 1. The van der Waals surface area contributed by atoms with E-state index in [2.05, 4.69) is 0 Å². The molecule has 0 saturated heterocycles. The number of aliphatic hydroxyl groups is 1. The van der Waals surface area contributed by atoms with Crippen LogP contribution in [-0.4, -0.2) is 31.0 Å². The number of methoxy groups -OCH3 is 1. The molecule has 3 unspecified atom stereocenters. The molecule has 0 aromatic rings. The molecular weight excluding hydrogens is 190 g/mol. The third kappa shape index (κ3) is 3.81. The van der Waals surface area contributed by atoms with Crippen molar-refractivity contribution in [1.29, 1.82) is 0 Å². The smallest absolute Gasteiger partial charge is 0.0585 e. The fraction of sp³-hybridized carbons (Fsp3) is 1.00. The van der Waals surface area contributed by atoms with Crippen LogP contribution in [0.4, 0.5) is 0 Å². The summed E-state index contributed by atoms with van der Waals surface area (Å²) in [5.74, 6) is 0.452. The molecule has 13 heavy (non-hydrogen) atoms. The van der Waals surface area contributed by atoms with Crippen molar-refractivity contribution in [1.82, 2.24) is 0 Å². The van der Waals surface area contributed by atoms with Crippen LogP contribution in [0.15, 0.2) is 0 Å². The minimum absolute atomic E-state index is 0. The zero-order chi connectivity index (χ0) is 8.97. The van der Waals surface area contributed by atoms with Gasteiger partial charge in [-0.15, -0.1) is 12.4 Å². The quantitative estimate of drug-likeness (QED) is 0.727. The van der Waals surface area contributed by atoms with Gasteiger partial charge in [-0.2, -0.15) is 0 Å². The van der Waals surface area contributed by atoms with Gasteiger partial charge in [0.25, 0.3) is 0 Å². The summed E-state index contributed by atoms with van der Waals surface area (Å²) < 4.78 is 5.28. The molecule has 0 aromatic heterocycles. The Hall–Kier alpha value is 0.170. The molecule has 1 fully saturated rings. The van der Waals surface area contributed by atoms with Gasteiger partial charge in [-0.3, -0.25) is 0 Å². The van der Waals surface area contributed by atoms with Crippen molar-refractivity contribution < 1.29 is 9.84 Å². The van der Waals surface area contributed by atoms with Gasteiger partial charge in [0.2, 0.25) is 0 Å². The molecule has 1 aliphatic carbocycles. The molecule has 1 saturated carbocycles. The average molecular weight is 210 g/mol. The zero-order valence-corrected chi connectivity index (χ0v) is 8.93. The van der Waals surface area contributed by atoms with Crippen LogP contribution in [0.25, 0.3) is 0 Å². The minimum atomic E-state index is -0.0528. The Bertz CT molecular complexity index is 133. The standard InChI is InChI=1S/C9H19NO2.ClH/c1-12-8-4-2-3-7(5-8)9(10)6-11;/h7-9,11H,2-6,10H2,1H3;1H. The molecule has 80 valence electrons. The maximum absolute atomic E-state index is 8.88. The van der Waals surface area contributed by atoms with Crippen LogP contribution in [0.2, 0.25) is 0 Å². The van der Waals surface area contributed by atoms with E-state index in [-0.39, 0.29) is 25.1 Å². The van der Waals surface area contributed by atoms with E-state index in [1.54, 1.807) is 7.11 Å². The number of hydrogen-bond donors (Lipinski definition) is 2. The minimum Gasteiger partial charge on any atom is -0.395 e. The van der Waals surface area contributed by atoms with Gasteiger partial charge in [-0.1, -0.05) is 6.42 Å². The second-order valence-corrected chi connectivity index (χ2v) is 3.63. The van der Waals surface area contributed by atoms with E-state index >= 15 is 0 Å². The molecular formula is C9H20ClNO2. The van der Waals surface area contributed by atoms with Gasteiger partial charge in [0.05, 0.1) is 12.7 Å². The molecule has 0 aliphatic heterocycles. The van der Waals surface area contributed by atoms with Gasteiger partial charge < -0.3 is 15.6 Å². The van der Waals surface area contributed by atoms with Gasteiger partial charge in [-0.25, -0.2) is 0 Å². The van der Waals surface area contributed by atoms with Crippen LogP contribution in [0.1, 0.15) is 25.7 Å². The highest BCUT2D eigenvalue weighted by Crippen LogP contribution is 2.27. The third-order valence-electron chi connectivity index (χ3n) is 2.82. The lowest BCUT2D eigenvalue weighted by molar-refractivity contribution is 0.0399. The molecule has 0 spiro atoms. The Balaban J connectivity index is 0.00000144. The molecule has 3 atom stereocenters. The highest BCUT2D eigenvalue weighted by molar-refractivity contribution is 5.85. The van der Waals surface area contributed by atoms with Crippen LogP contribution >= 0.6 is 12.4 Å². The Morgan fingerprint density at radius 1 is 1.54 bits per heavy atom. The predicted molar refractivity (Wildman–Crippen MR) is 55.1 cm³/mol. The van der Waals surface area contributed by atoms with Crippen LogP contribution in [0.3, 0.4) is 0 Å².